The number of isothiocyanates is 1. The number of thiocarbonyl (C=S) groups is 1. The number of nitrogens with zero attached hydrogens (tertiary/aromatic N) is 1. The molecule has 2 nitrogen and oxygen atoms in total. The Balaban J connectivity index is 3.07. The molecule has 0 aliphatic rings. The minimum absolute atomic E-state index is 0.546. The highest BCUT2D eigenvalue weighted by Gasteiger charge is 1.95. The molecule has 0 amide bonds. The van der Waals surface area contributed by atoms with Gasteiger partial charge in [-0.3, -0.25) is 0 Å². The fourth-order valence-corrected chi connectivity index (χ4v) is 0.604. The van der Waals surface area contributed by atoms with Crippen LogP contribution in [-0.4, -0.2) is 5.16 Å². The Labute approximate surface area is 58.2 Å². The molecule has 0 spiro atoms. The summed E-state index contributed by atoms with van der Waals surface area (Å²) < 4.78 is 4.91. The van der Waals surface area contributed by atoms with Crippen LogP contribution in [0.25, 0.3) is 0 Å². The van der Waals surface area contributed by atoms with Crippen molar-refractivity contribution in [3.8, 4) is 0 Å². The lowest BCUT2D eigenvalue weighted by Gasteiger charge is -1.80. The Morgan fingerprint density at radius 2 is 2.56 bits per heavy atom. The summed E-state index contributed by atoms with van der Waals surface area (Å²) in [5.41, 5.74) is 0.979. The lowest BCUT2D eigenvalue weighted by atomic mass is 10.4. The molecule has 46 valence electrons. The third-order valence-corrected chi connectivity index (χ3v) is 1.07. The molecular formula is C6H5NOS. The Morgan fingerprint density at radius 3 is 3.00 bits per heavy atom. The highest BCUT2D eigenvalue weighted by atomic mass is 32.1. The minimum Gasteiger partial charge on any atom is -0.446 e. The van der Waals surface area contributed by atoms with Crippen molar-refractivity contribution in [2.45, 2.75) is 6.92 Å². The molecule has 0 bridgehead atoms. The lowest BCUT2D eigenvalue weighted by Crippen LogP contribution is -1.59. The van der Waals surface area contributed by atoms with Gasteiger partial charge in [-0.2, -0.15) is 4.99 Å². The van der Waals surface area contributed by atoms with E-state index in [4.69, 9.17) is 4.42 Å². The van der Waals surface area contributed by atoms with Crippen molar-refractivity contribution in [1.82, 2.24) is 0 Å². The van der Waals surface area contributed by atoms with E-state index in [9.17, 15) is 0 Å². The third-order valence-electron chi connectivity index (χ3n) is 0.982. The summed E-state index contributed by atoms with van der Waals surface area (Å²) in [6, 6.07) is 1.82. The van der Waals surface area contributed by atoms with Crippen LogP contribution in [0, 0.1) is 6.92 Å². The molecule has 1 rings (SSSR count). The summed E-state index contributed by atoms with van der Waals surface area (Å²) in [7, 11) is 0. The molecule has 0 aromatic carbocycles. The van der Waals surface area contributed by atoms with E-state index >= 15 is 0 Å². The first-order valence-electron chi connectivity index (χ1n) is 2.46. The summed E-state index contributed by atoms with van der Waals surface area (Å²) in [6.45, 7) is 1.90. The van der Waals surface area contributed by atoms with Gasteiger partial charge in [0.2, 0.25) is 5.88 Å². The normalized spacial score (nSPS) is 8.56. The maximum atomic E-state index is 4.91. The van der Waals surface area contributed by atoms with Crippen LogP contribution in [-0.2, 0) is 0 Å². The Bertz CT molecular complexity index is 247. The van der Waals surface area contributed by atoms with E-state index in [1.807, 2.05) is 13.0 Å². The molecule has 0 unspecified atom stereocenters. The Kier molecular flexibility index (Phi) is 1.78. The van der Waals surface area contributed by atoms with Crippen molar-refractivity contribution in [3.63, 3.8) is 0 Å². The van der Waals surface area contributed by atoms with E-state index in [1.165, 1.54) is 0 Å². The van der Waals surface area contributed by atoms with Gasteiger partial charge in [0.05, 0.1) is 11.4 Å². The standard InChI is InChI=1S/C6H5NOS/c1-5-2-3-8-6(5)7-4-9/h2-3H,1H3. The number of hydrogen-bond acceptors (Lipinski definition) is 3. The van der Waals surface area contributed by atoms with E-state index < -0.39 is 0 Å². The third kappa shape index (κ3) is 1.25. The first-order valence-corrected chi connectivity index (χ1v) is 2.87. The van der Waals surface area contributed by atoms with Crippen molar-refractivity contribution in [1.29, 1.82) is 0 Å². The van der Waals surface area contributed by atoms with E-state index in [0.29, 0.717) is 5.88 Å². The van der Waals surface area contributed by atoms with E-state index in [1.54, 1.807) is 6.26 Å². The summed E-state index contributed by atoms with van der Waals surface area (Å²) in [5, 5.41) is 2.23. The maximum Gasteiger partial charge on any atom is 0.230 e. The topological polar surface area (TPSA) is 25.5 Å². The van der Waals surface area contributed by atoms with E-state index in [-0.39, 0.29) is 0 Å². The molecule has 1 heterocycles. The van der Waals surface area contributed by atoms with Crippen molar-refractivity contribution in [3.05, 3.63) is 17.9 Å². The van der Waals surface area contributed by atoms with Gasteiger partial charge in [-0.25, -0.2) is 0 Å². The van der Waals surface area contributed by atoms with Gasteiger partial charge in [0.25, 0.3) is 0 Å². The van der Waals surface area contributed by atoms with Gasteiger partial charge < -0.3 is 4.42 Å². The maximum absolute atomic E-state index is 4.91. The number of hydrogen-bond donors (Lipinski definition) is 0. The number of aliphatic imine (C=N–C) groups is 1. The minimum atomic E-state index is 0.546. The van der Waals surface area contributed by atoms with Crippen LogP contribution < -0.4 is 0 Å². The van der Waals surface area contributed by atoms with Gasteiger partial charge >= 0.3 is 0 Å². The van der Waals surface area contributed by atoms with Crippen molar-refractivity contribution >= 4 is 23.3 Å². The SMILES string of the molecule is Cc1ccoc1N=C=S. The summed E-state index contributed by atoms with van der Waals surface area (Å²) in [6.07, 6.45) is 1.57. The second-order valence-electron chi connectivity index (χ2n) is 1.61. The second-order valence-corrected chi connectivity index (χ2v) is 1.79. The van der Waals surface area contributed by atoms with Crippen molar-refractivity contribution in [2.75, 3.05) is 0 Å². The van der Waals surface area contributed by atoms with Crippen LogP contribution in [0.2, 0.25) is 0 Å². The van der Waals surface area contributed by atoms with Crippen molar-refractivity contribution in [2.24, 2.45) is 4.99 Å². The first kappa shape index (κ1) is 6.20. The molecule has 0 saturated carbocycles. The van der Waals surface area contributed by atoms with Gasteiger partial charge in [-0.05, 0) is 25.2 Å². The molecule has 0 atom stereocenters. The van der Waals surface area contributed by atoms with Gasteiger partial charge in [0.15, 0.2) is 0 Å². The fourth-order valence-electron chi connectivity index (χ4n) is 0.521. The van der Waals surface area contributed by atoms with Crippen molar-refractivity contribution < 1.29 is 4.42 Å². The molecule has 9 heavy (non-hydrogen) atoms. The van der Waals surface area contributed by atoms with Crippen LogP contribution in [0.1, 0.15) is 5.56 Å². The average molecular weight is 139 g/mol. The molecule has 0 N–H and O–H groups in total. The van der Waals surface area contributed by atoms with Gasteiger partial charge in [0.1, 0.15) is 0 Å². The van der Waals surface area contributed by atoms with Gasteiger partial charge in [-0.15, -0.1) is 0 Å². The van der Waals surface area contributed by atoms with Gasteiger partial charge in [0, 0.05) is 5.56 Å². The quantitative estimate of drug-likeness (QED) is 0.440. The summed E-state index contributed by atoms with van der Waals surface area (Å²) in [5.74, 6) is 0.546. The number of rotatable bonds is 1. The summed E-state index contributed by atoms with van der Waals surface area (Å²) in [4.78, 5) is 3.66. The van der Waals surface area contributed by atoms with Crippen LogP contribution in [0.15, 0.2) is 21.7 Å². The zero-order valence-electron chi connectivity index (χ0n) is 4.92. The second kappa shape index (κ2) is 2.58. The Morgan fingerprint density at radius 1 is 1.78 bits per heavy atom. The molecular weight excluding hydrogens is 134 g/mol. The van der Waals surface area contributed by atoms with E-state index in [0.717, 1.165) is 5.56 Å². The molecule has 0 radical (unpaired) electrons. The molecule has 0 saturated heterocycles. The molecule has 1 aromatic heterocycles. The first-order chi connectivity index (χ1) is 4.34. The molecule has 0 fully saturated rings. The average Bonchev–Trinajstić information content (AvgIpc) is 2.18. The number of furan rings is 1. The fraction of sp³-hybridized carbons (Fsp3) is 0.167. The molecule has 1 aromatic rings. The molecule has 0 aliphatic carbocycles. The highest BCUT2D eigenvalue weighted by molar-refractivity contribution is 7.78. The van der Waals surface area contributed by atoms with E-state index in [2.05, 4.69) is 22.4 Å². The number of aryl methyl sites for hydroxylation is 1. The van der Waals surface area contributed by atoms with Crippen LogP contribution in [0.4, 0.5) is 5.88 Å². The monoisotopic (exact) mass is 139 g/mol. The zero-order valence-corrected chi connectivity index (χ0v) is 5.73. The zero-order chi connectivity index (χ0) is 6.69. The molecule has 3 heteroatoms. The smallest absolute Gasteiger partial charge is 0.230 e. The van der Waals surface area contributed by atoms with Crippen LogP contribution in [0.3, 0.4) is 0 Å². The van der Waals surface area contributed by atoms with Gasteiger partial charge in [-0.1, -0.05) is 0 Å². The molecule has 0 aliphatic heterocycles. The van der Waals surface area contributed by atoms with Crippen LogP contribution in [0.5, 0.6) is 0 Å². The highest BCUT2D eigenvalue weighted by Crippen LogP contribution is 2.17. The lowest BCUT2D eigenvalue weighted by molar-refractivity contribution is 0.577. The largest absolute Gasteiger partial charge is 0.446 e. The summed E-state index contributed by atoms with van der Waals surface area (Å²) >= 11 is 4.38. The predicted molar refractivity (Wildman–Crippen MR) is 38.1 cm³/mol. The Hall–Kier alpha value is -0.920. The predicted octanol–water partition coefficient (Wildman–Crippen LogP) is 2.32. The van der Waals surface area contributed by atoms with Crippen LogP contribution >= 0.6 is 12.2 Å².